The van der Waals surface area contributed by atoms with Crippen molar-refractivity contribution in [2.24, 2.45) is 5.73 Å². The Bertz CT molecular complexity index is 409. The van der Waals surface area contributed by atoms with Gasteiger partial charge in [0.15, 0.2) is 0 Å². The SMILES string of the molecule is COc1ccc(C)c2c1NC(C)C(CCN)S2. The number of hydrogen-bond acceptors (Lipinski definition) is 4. The standard InChI is InChI=1S/C13H20N2OS/c1-8-4-5-10(16-3)12-13(8)17-11(6-7-14)9(2)15-12/h4-5,9,11,15H,6-7,14H2,1-3H3. The van der Waals surface area contributed by atoms with Crippen LogP contribution in [-0.2, 0) is 0 Å². The van der Waals surface area contributed by atoms with Crippen molar-refractivity contribution in [1.29, 1.82) is 0 Å². The Labute approximate surface area is 107 Å². The molecule has 1 aliphatic rings. The normalized spacial score (nSPS) is 22.8. The van der Waals surface area contributed by atoms with E-state index in [1.165, 1.54) is 10.5 Å². The Morgan fingerprint density at radius 2 is 2.24 bits per heavy atom. The van der Waals surface area contributed by atoms with Gasteiger partial charge in [-0.2, -0.15) is 0 Å². The third kappa shape index (κ3) is 2.38. The zero-order chi connectivity index (χ0) is 12.4. The molecule has 17 heavy (non-hydrogen) atoms. The highest BCUT2D eigenvalue weighted by Gasteiger charge is 2.28. The molecule has 0 saturated heterocycles. The molecule has 0 radical (unpaired) electrons. The van der Waals surface area contributed by atoms with Crippen molar-refractivity contribution >= 4 is 17.4 Å². The van der Waals surface area contributed by atoms with Gasteiger partial charge in [-0.05, 0) is 38.4 Å². The fourth-order valence-corrected chi connectivity index (χ4v) is 3.53. The molecule has 2 unspecified atom stereocenters. The topological polar surface area (TPSA) is 47.3 Å². The number of methoxy groups -OCH3 is 1. The molecule has 1 aromatic rings. The summed E-state index contributed by atoms with van der Waals surface area (Å²) in [7, 11) is 1.72. The number of ether oxygens (including phenoxy) is 1. The van der Waals surface area contributed by atoms with Gasteiger partial charge >= 0.3 is 0 Å². The summed E-state index contributed by atoms with van der Waals surface area (Å²) in [5, 5.41) is 4.09. The second-order valence-electron chi connectivity index (χ2n) is 4.46. The van der Waals surface area contributed by atoms with Crippen LogP contribution in [0.15, 0.2) is 17.0 Å². The summed E-state index contributed by atoms with van der Waals surface area (Å²) in [6.07, 6.45) is 1.04. The number of benzene rings is 1. The Kier molecular flexibility index (Phi) is 3.84. The van der Waals surface area contributed by atoms with Gasteiger partial charge in [0, 0.05) is 16.2 Å². The van der Waals surface area contributed by atoms with Crippen molar-refractivity contribution in [3.63, 3.8) is 0 Å². The zero-order valence-electron chi connectivity index (χ0n) is 10.6. The first kappa shape index (κ1) is 12.6. The average Bonchev–Trinajstić information content (AvgIpc) is 2.32. The van der Waals surface area contributed by atoms with Gasteiger partial charge in [-0.25, -0.2) is 0 Å². The smallest absolute Gasteiger partial charge is 0.143 e. The van der Waals surface area contributed by atoms with Crippen LogP contribution in [0.1, 0.15) is 18.9 Å². The second-order valence-corrected chi connectivity index (χ2v) is 5.70. The number of thioether (sulfide) groups is 1. The molecule has 0 aromatic heterocycles. The van der Waals surface area contributed by atoms with E-state index in [4.69, 9.17) is 10.5 Å². The van der Waals surface area contributed by atoms with Crippen molar-refractivity contribution < 1.29 is 4.74 Å². The van der Waals surface area contributed by atoms with E-state index in [0.717, 1.165) is 24.4 Å². The number of nitrogens with one attached hydrogen (secondary N) is 1. The Morgan fingerprint density at radius 3 is 2.88 bits per heavy atom. The maximum Gasteiger partial charge on any atom is 0.143 e. The van der Waals surface area contributed by atoms with Crippen LogP contribution in [0.4, 0.5) is 5.69 Å². The molecular weight excluding hydrogens is 232 g/mol. The molecule has 4 heteroatoms. The van der Waals surface area contributed by atoms with E-state index in [-0.39, 0.29) is 0 Å². The molecule has 1 aromatic carbocycles. The molecule has 2 rings (SSSR count). The van der Waals surface area contributed by atoms with Gasteiger partial charge < -0.3 is 15.8 Å². The lowest BCUT2D eigenvalue weighted by molar-refractivity contribution is 0.414. The molecule has 0 aliphatic carbocycles. The van der Waals surface area contributed by atoms with Crippen molar-refractivity contribution in [1.82, 2.24) is 0 Å². The maximum absolute atomic E-state index is 5.67. The number of hydrogen-bond donors (Lipinski definition) is 2. The molecule has 3 N–H and O–H groups in total. The molecule has 0 bridgehead atoms. The molecule has 0 amide bonds. The Balaban J connectivity index is 2.36. The first-order chi connectivity index (χ1) is 8.17. The number of rotatable bonds is 3. The molecule has 2 atom stereocenters. The largest absolute Gasteiger partial charge is 0.495 e. The molecular formula is C13H20N2OS. The zero-order valence-corrected chi connectivity index (χ0v) is 11.4. The second kappa shape index (κ2) is 5.19. The summed E-state index contributed by atoms with van der Waals surface area (Å²) in [5.74, 6) is 0.927. The van der Waals surface area contributed by atoms with Crippen LogP contribution < -0.4 is 15.8 Å². The average molecular weight is 252 g/mol. The van der Waals surface area contributed by atoms with E-state index < -0.39 is 0 Å². The lowest BCUT2D eigenvalue weighted by atomic mass is 10.1. The van der Waals surface area contributed by atoms with Gasteiger partial charge in [-0.15, -0.1) is 11.8 Å². The van der Waals surface area contributed by atoms with E-state index in [0.29, 0.717) is 11.3 Å². The van der Waals surface area contributed by atoms with E-state index in [1.807, 2.05) is 17.8 Å². The third-order valence-corrected chi connectivity index (χ3v) is 4.89. The van der Waals surface area contributed by atoms with Crippen LogP contribution in [0.5, 0.6) is 5.75 Å². The van der Waals surface area contributed by atoms with Gasteiger partial charge in [0.1, 0.15) is 5.75 Å². The quantitative estimate of drug-likeness (QED) is 0.868. The summed E-state index contributed by atoms with van der Waals surface area (Å²) in [6.45, 7) is 5.09. The van der Waals surface area contributed by atoms with Crippen LogP contribution in [-0.4, -0.2) is 24.9 Å². The van der Waals surface area contributed by atoms with E-state index in [1.54, 1.807) is 7.11 Å². The highest BCUT2D eigenvalue weighted by atomic mass is 32.2. The van der Waals surface area contributed by atoms with Gasteiger partial charge in [0.05, 0.1) is 12.8 Å². The van der Waals surface area contributed by atoms with Crippen LogP contribution in [0.2, 0.25) is 0 Å². The molecule has 1 aliphatic heterocycles. The lowest BCUT2D eigenvalue weighted by Crippen LogP contribution is -2.33. The first-order valence-corrected chi connectivity index (χ1v) is 6.86. The van der Waals surface area contributed by atoms with Crippen LogP contribution in [0, 0.1) is 6.92 Å². The van der Waals surface area contributed by atoms with E-state index in [9.17, 15) is 0 Å². The molecule has 0 spiro atoms. The van der Waals surface area contributed by atoms with Crippen molar-refractivity contribution in [2.75, 3.05) is 19.0 Å². The molecule has 3 nitrogen and oxygen atoms in total. The van der Waals surface area contributed by atoms with Gasteiger partial charge in [-0.1, -0.05) is 6.07 Å². The van der Waals surface area contributed by atoms with Crippen LogP contribution in [0.3, 0.4) is 0 Å². The minimum atomic E-state index is 0.423. The van der Waals surface area contributed by atoms with Crippen molar-refractivity contribution in [3.8, 4) is 5.75 Å². The molecule has 0 fully saturated rings. The van der Waals surface area contributed by atoms with Gasteiger partial charge in [-0.3, -0.25) is 0 Å². The predicted octanol–water partition coefficient (Wildman–Crippen LogP) is 2.63. The summed E-state index contributed by atoms with van der Waals surface area (Å²) >= 11 is 1.92. The van der Waals surface area contributed by atoms with Crippen molar-refractivity contribution in [3.05, 3.63) is 17.7 Å². The minimum Gasteiger partial charge on any atom is -0.495 e. The Hall–Kier alpha value is -0.870. The van der Waals surface area contributed by atoms with Crippen LogP contribution >= 0.6 is 11.8 Å². The van der Waals surface area contributed by atoms with Gasteiger partial charge in [0.2, 0.25) is 0 Å². The number of aryl methyl sites for hydroxylation is 1. The summed E-state index contributed by atoms with van der Waals surface area (Å²) in [6, 6.07) is 4.56. The minimum absolute atomic E-state index is 0.423. The predicted molar refractivity (Wildman–Crippen MR) is 74.1 cm³/mol. The Morgan fingerprint density at radius 1 is 1.47 bits per heavy atom. The monoisotopic (exact) mass is 252 g/mol. The van der Waals surface area contributed by atoms with E-state index >= 15 is 0 Å². The molecule has 94 valence electrons. The fourth-order valence-electron chi connectivity index (χ4n) is 2.17. The maximum atomic E-state index is 5.67. The number of fused-ring (bicyclic) bond motifs is 1. The summed E-state index contributed by atoms with van der Waals surface area (Å²) in [4.78, 5) is 1.31. The summed E-state index contributed by atoms with van der Waals surface area (Å²) < 4.78 is 5.41. The van der Waals surface area contributed by atoms with Crippen molar-refractivity contribution in [2.45, 2.75) is 36.5 Å². The highest BCUT2D eigenvalue weighted by Crippen LogP contribution is 2.45. The fraction of sp³-hybridized carbons (Fsp3) is 0.538. The third-order valence-electron chi connectivity index (χ3n) is 3.19. The van der Waals surface area contributed by atoms with E-state index in [2.05, 4.69) is 25.2 Å². The molecule has 0 saturated carbocycles. The number of anilines is 1. The molecule has 1 heterocycles. The summed E-state index contributed by atoms with van der Waals surface area (Å²) in [5.41, 5.74) is 8.11. The lowest BCUT2D eigenvalue weighted by Gasteiger charge is -2.33. The van der Waals surface area contributed by atoms with Gasteiger partial charge in [0.25, 0.3) is 0 Å². The van der Waals surface area contributed by atoms with Crippen LogP contribution in [0.25, 0.3) is 0 Å². The first-order valence-electron chi connectivity index (χ1n) is 5.98. The highest BCUT2D eigenvalue weighted by molar-refractivity contribution is 8.00. The number of nitrogens with two attached hydrogens (primary N) is 1.